The molecule has 0 amide bonds. The van der Waals surface area contributed by atoms with E-state index >= 15 is 0 Å². The molecule has 0 atom stereocenters. The second-order valence-corrected chi connectivity index (χ2v) is 7.00. The van der Waals surface area contributed by atoms with Crippen LogP contribution in [0.2, 0.25) is 0 Å². The van der Waals surface area contributed by atoms with Crippen LogP contribution in [0.4, 0.5) is 24.8 Å². The van der Waals surface area contributed by atoms with Crippen molar-refractivity contribution in [2.75, 3.05) is 5.32 Å². The Morgan fingerprint density at radius 3 is 2.42 bits per heavy atom. The first kappa shape index (κ1) is 20.5. The molecule has 4 aromatic rings. The Hall–Kier alpha value is -3.76. The van der Waals surface area contributed by atoms with E-state index < -0.39 is 6.43 Å². The fraction of sp³-hybridized carbons (Fsp3) is 0.250. The van der Waals surface area contributed by atoms with E-state index in [1.165, 1.54) is 23.3 Å². The smallest absolute Gasteiger partial charge is 0.280 e. The van der Waals surface area contributed by atoms with Crippen LogP contribution >= 0.6 is 0 Å². The molecule has 4 aromatic heterocycles. The van der Waals surface area contributed by atoms with E-state index in [-0.39, 0.29) is 17.2 Å². The largest absolute Gasteiger partial charge is 0.325 e. The van der Waals surface area contributed by atoms with Crippen LogP contribution < -0.4 is 5.32 Å². The van der Waals surface area contributed by atoms with Gasteiger partial charge in [-0.1, -0.05) is 0 Å². The third kappa shape index (κ3) is 3.74. The van der Waals surface area contributed by atoms with E-state index in [1.807, 2.05) is 6.92 Å². The zero-order valence-electron chi connectivity index (χ0n) is 17.2. The van der Waals surface area contributed by atoms with Gasteiger partial charge in [-0.3, -0.25) is 9.67 Å². The SMILES string of the molecule is Cc1nn(-c2cc(Nc3c(C)c(-c4ccc(C(F)F)nc4)nn3C)ncn2)c(C)c1F. The lowest BCUT2D eigenvalue weighted by Crippen LogP contribution is -2.06. The van der Waals surface area contributed by atoms with Crippen molar-refractivity contribution in [2.24, 2.45) is 7.05 Å². The normalized spacial score (nSPS) is 11.4. The van der Waals surface area contributed by atoms with Gasteiger partial charge in [0.2, 0.25) is 0 Å². The molecule has 0 aliphatic carbocycles. The average molecular weight is 428 g/mol. The highest BCUT2D eigenvalue weighted by Crippen LogP contribution is 2.30. The Morgan fingerprint density at radius 1 is 1.03 bits per heavy atom. The number of aryl methyl sites for hydroxylation is 2. The van der Waals surface area contributed by atoms with Gasteiger partial charge in [0, 0.05) is 30.4 Å². The van der Waals surface area contributed by atoms with Gasteiger partial charge in [0.15, 0.2) is 11.6 Å². The molecule has 1 N–H and O–H groups in total. The minimum atomic E-state index is -2.63. The van der Waals surface area contributed by atoms with Crippen molar-refractivity contribution in [2.45, 2.75) is 27.2 Å². The maximum Gasteiger partial charge on any atom is 0.280 e. The second kappa shape index (κ2) is 7.82. The van der Waals surface area contributed by atoms with Gasteiger partial charge in [-0.05, 0) is 32.9 Å². The zero-order chi connectivity index (χ0) is 22.3. The van der Waals surface area contributed by atoms with Gasteiger partial charge in [0.05, 0.1) is 17.1 Å². The summed E-state index contributed by atoms with van der Waals surface area (Å²) in [6.07, 6.45) is 0.102. The summed E-state index contributed by atoms with van der Waals surface area (Å²) >= 11 is 0. The number of hydrogen-bond acceptors (Lipinski definition) is 6. The van der Waals surface area contributed by atoms with E-state index in [2.05, 4.69) is 30.5 Å². The van der Waals surface area contributed by atoms with Gasteiger partial charge in [-0.25, -0.2) is 27.8 Å². The maximum absolute atomic E-state index is 14.0. The summed E-state index contributed by atoms with van der Waals surface area (Å²) in [5.41, 5.74) is 2.35. The lowest BCUT2D eigenvalue weighted by molar-refractivity contribution is 0.146. The predicted octanol–water partition coefficient (Wildman–Crippen LogP) is 4.20. The quantitative estimate of drug-likeness (QED) is 0.513. The Morgan fingerprint density at radius 2 is 1.81 bits per heavy atom. The Kier molecular flexibility index (Phi) is 5.17. The summed E-state index contributed by atoms with van der Waals surface area (Å²) in [6, 6.07) is 4.49. The molecule has 0 fully saturated rings. The Balaban J connectivity index is 1.65. The molecule has 11 heteroatoms. The molecule has 4 rings (SSSR count). The molecule has 31 heavy (non-hydrogen) atoms. The number of pyridine rings is 1. The second-order valence-electron chi connectivity index (χ2n) is 7.00. The van der Waals surface area contributed by atoms with Crippen LogP contribution in [0, 0.1) is 26.6 Å². The van der Waals surface area contributed by atoms with Crippen LogP contribution in [0.3, 0.4) is 0 Å². The van der Waals surface area contributed by atoms with E-state index in [1.54, 1.807) is 37.7 Å². The monoisotopic (exact) mass is 428 g/mol. The van der Waals surface area contributed by atoms with Crippen LogP contribution in [-0.2, 0) is 7.05 Å². The topological polar surface area (TPSA) is 86.3 Å². The molecule has 4 heterocycles. The first-order valence-corrected chi connectivity index (χ1v) is 9.35. The molecule has 0 radical (unpaired) electrons. The average Bonchev–Trinajstić information content (AvgIpc) is 3.18. The number of aromatic nitrogens is 7. The van der Waals surface area contributed by atoms with Crippen LogP contribution in [0.25, 0.3) is 17.1 Å². The third-order valence-electron chi connectivity index (χ3n) is 4.89. The molecule has 0 aliphatic heterocycles. The highest BCUT2D eigenvalue weighted by atomic mass is 19.3. The molecule has 8 nitrogen and oxygen atoms in total. The molecular weight excluding hydrogens is 409 g/mol. The van der Waals surface area contributed by atoms with Crippen molar-refractivity contribution in [3.05, 3.63) is 59.2 Å². The van der Waals surface area contributed by atoms with Crippen molar-refractivity contribution >= 4 is 11.6 Å². The number of nitrogens with zero attached hydrogens (tertiary/aromatic N) is 7. The van der Waals surface area contributed by atoms with Crippen molar-refractivity contribution < 1.29 is 13.2 Å². The number of halogens is 3. The third-order valence-corrected chi connectivity index (χ3v) is 4.89. The van der Waals surface area contributed by atoms with Gasteiger partial charge in [0.1, 0.15) is 23.7 Å². The molecule has 0 saturated heterocycles. The summed E-state index contributed by atoms with van der Waals surface area (Å²) in [6.45, 7) is 5.06. The van der Waals surface area contributed by atoms with Gasteiger partial charge in [-0.2, -0.15) is 10.2 Å². The molecule has 0 aromatic carbocycles. The van der Waals surface area contributed by atoms with Crippen molar-refractivity contribution in [3.63, 3.8) is 0 Å². The van der Waals surface area contributed by atoms with E-state index in [0.29, 0.717) is 34.4 Å². The summed E-state index contributed by atoms with van der Waals surface area (Å²) in [5, 5.41) is 11.8. The Labute approximate surface area is 175 Å². The molecule has 0 aliphatic rings. The lowest BCUT2D eigenvalue weighted by atomic mass is 10.1. The van der Waals surface area contributed by atoms with Crippen molar-refractivity contribution in [1.29, 1.82) is 0 Å². The summed E-state index contributed by atoms with van der Waals surface area (Å²) < 4.78 is 42.6. The molecule has 0 spiro atoms. The van der Waals surface area contributed by atoms with E-state index in [4.69, 9.17) is 0 Å². The first-order chi connectivity index (χ1) is 14.8. The molecule has 0 unspecified atom stereocenters. The number of nitrogens with one attached hydrogen (secondary N) is 1. The van der Waals surface area contributed by atoms with Crippen LogP contribution in [-0.4, -0.2) is 34.5 Å². The highest BCUT2D eigenvalue weighted by Gasteiger charge is 2.18. The Bertz CT molecular complexity index is 1240. The van der Waals surface area contributed by atoms with Gasteiger partial charge >= 0.3 is 0 Å². The lowest BCUT2D eigenvalue weighted by Gasteiger charge is -2.09. The van der Waals surface area contributed by atoms with Crippen LogP contribution in [0.15, 0.2) is 30.7 Å². The molecule has 0 saturated carbocycles. The number of alkyl halides is 2. The van der Waals surface area contributed by atoms with Gasteiger partial charge in [0.25, 0.3) is 6.43 Å². The van der Waals surface area contributed by atoms with Gasteiger partial charge in [-0.15, -0.1) is 0 Å². The predicted molar refractivity (Wildman–Crippen MR) is 108 cm³/mol. The van der Waals surface area contributed by atoms with Crippen molar-refractivity contribution in [3.8, 4) is 17.1 Å². The van der Waals surface area contributed by atoms with Crippen LogP contribution in [0.5, 0.6) is 0 Å². The minimum Gasteiger partial charge on any atom is -0.325 e. The number of anilines is 2. The van der Waals surface area contributed by atoms with E-state index in [0.717, 1.165) is 5.56 Å². The maximum atomic E-state index is 14.0. The number of hydrogen-bond donors (Lipinski definition) is 1. The van der Waals surface area contributed by atoms with Crippen LogP contribution in [0.1, 0.15) is 29.1 Å². The molecule has 0 bridgehead atoms. The zero-order valence-corrected chi connectivity index (χ0v) is 17.2. The van der Waals surface area contributed by atoms with Gasteiger partial charge < -0.3 is 5.32 Å². The highest BCUT2D eigenvalue weighted by molar-refractivity contribution is 5.71. The summed E-state index contributed by atoms with van der Waals surface area (Å²) in [7, 11) is 1.75. The molecule has 160 valence electrons. The van der Waals surface area contributed by atoms with E-state index in [9.17, 15) is 13.2 Å². The fourth-order valence-corrected chi connectivity index (χ4v) is 3.25. The summed E-state index contributed by atoms with van der Waals surface area (Å²) in [5.74, 6) is 1.14. The fourth-order valence-electron chi connectivity index (χ4n) is 3.25. The molecular formula is C20H19F3N8. The number of rotatable bonds is 5. The minimum absolute atomic E-state index is 0.282. The van der Waals surface area contributed by atoms with Crippen molar-refractivity contribution in [1.82, 2.24) is 34.5 Å². The summed E-state index contributed by atoms with van der Waals surface area (Å²) in [4.78, 5) is 12.2. The standard InChI is InChI=1S/C20H19F3N8/c1-10-18(13-5-6-14(19(22)23)24-8-13)29-30(4)20(10)27-15-7-16(26-9-25-15)31-12(3)17(21)11(2)28-31/h5-9,19H,1-4H3,(H,25,26,27). The first-order valence-electron chi connectivity index (χ1n) is 9.35.